The highest BCUT2D eigenvalue weighted by molar-refractivity contribution is 5.32. The lowest BCUT2D eigenvalue weighted by Gasteiger charge is -2.43. The molecule has 0 amide bonds. The molecular weight excluding hydrogens is 265 g/mol. The fraction of sp³-hybridized carbons (Fsp3) is 0.471. The van der Waals surface area contributed by atoms with E-state index >= 15 is 0 Å². The molecule has 1 saturated heterocycles. The molecule has 1 aliphatic rings. The average molecular weight is 287 g/mol. The number of nitrogens with zero attached hydrogens (tertiary/aromatic N) is 2. The quantitative estimate of drug-likeness (QED) is 0.916. The number of hydrogen-bond donors (Lipinski definition) is 1. The van der Waals surface area contributed by atoms with Gasteiger partial charge in [-0.1, -0.05) is 19.1 Å². The lowest BCUT2D eigenvalue weighted by molar-refractivity contribution is 0.271. The minimum Gasteiger partial charge on any atom is -0.315 e. The van der Waals surface area contributed by atoms with Crippen molar-refractivity contribution < 1.29 is 4.39 Å². The fourth-order valence-electron chi connectivity index (χ4n) is 2.91. The Bertz CT molecular complexity index is 599. The standard InChI is InChI=1S/C17H22FN3/c1-3-13(2)21-9-8-16(20-21)10-17(11-19-12-17)14-4-6-15(18)7-5-14/h4-9,13,19H,3,10-12H2,1-2H3. The maximum absolute atomic E-state index is 13.1. The van der Waals surface area contributed by atoms with E-state index in [9.17, 15) is 4.39 Å². The molecule has 0 spiro atoms. The highest BCUT2D eigenvalue weighted by Crippen LogP contribution is 2.32. The van der Waals surface area contributed by atoms with Crippen LogP contribution in [0.25, 0.3) is 0 Å². The van der Waals surface area contributed by atoms with E-state index < -0.39 is 0 Å². The maximum atomic E-state index is 13.1. The second-order valence-electron chi connectivity index (χ2n) is 6.11. The Hall–Kier alpha value is -1.68. The van der Waals surface area contributed by atoms with E-state index in [2.05, 4.69) is 31.4 Å². The van der Waals surface area contributed by atoms with Crippen LogP contribution < -0.4 is 5.32 Å². The number of aromatic nitrogens is 2. The molecule has 4 heteroatoms. The first-order valence-corrected chi connectivity index (χ1v) is 7.64. The van der Waals surface area contributed by atoms with Gasteiger partial charge in [-0.25, -0.2) is 4.39 Å². The summed E-state index contributed by atoms with van der Waals surface area (Å²) in [6.45, 7) is 6.20. The molecule has 3 nitrogen and oxygen atoms in total. The van der Waals surface area contributed by atoms with Crippen molar-refractivity contribution in [1.82, 2.24) is 15.1 Å². The highest BCUT2D eigenvalue weighted by Gasteiger charge is 2.39. The van der Waals surface area contributed by atoms with Gasteiger partial charge >= 0.3 is 0 Å². The normalized spacial score (nSPS) is 18.2. The van der Waals surface area contributed by atoms with Gasteiger partial charge in [0, 0.05) is 37.2 Å². The van der Waals surface area contributed by atoms with Crippen LogP contribution in [0.2, 0.25) is 0 Å². The molecule has 0 aliphatic carbocycles. The Balaban J connectivity index is 1.81. The fourth-order valence-corrected chi connectivity index (χ4v) is 2.91. The molecule has 1 aromatic heterocycles. The maximum Gasteiger partial charge on any atom is 0.123 e. The van der Waals surface area contributed by atoms with E-state index in [1.54, 1.807) is 12.1 Å². The predicted octanol–water partition coefficient (Wildman–Crippen LogP) is 3.08. The molecule has 1 fully saturated rings. The van der Waals surface area contributed by atoms with Gasteiger partial charge in [-0.2, -0.15) is 5.10 Å². The molecule has 1 aromatic carbocycles. The number of benzene rings is 1. The van der Waals surface area contributed by atoms with E-state index in [1.165, 1.54) is 5.56 Å². The zero-order valence-electron chi connectivity index (χ0n) is 12.6. The third kappa shape index (κ3) is 2.72. The van der Waals surface area contributed by atoms with Crippen LogP contribution in [0.15, 0.2) is 36.5 Å². The number of halogens is 1. The molecule has 3 rings (SSSR count). The summed E-state index contributed by atoms with van der Waals surface area (Å²) in [6, 6.07) is 9.44. The monoisotopic (exact) mass is 287 g/mol. The summed E-state index contributed by atoms with van der Waals surface area (Å²) >= 11 is 0. The Morgan fingerprint density at radius 3 is 2.57 bits per heavy atom. The summed E-state index contributed by atoms with van der Waals surface area (Å²) in [5.74, 6) is -0.178. The second-order valence-corrected chi connectivity index (χ2v) is 6.11. The Labute approximate surface area is 125 Å². The zero-order valence-corrected chi connectivity index (χ0v) is 12.6. The predicted molar refractivity (Wildman–Crippen MR) is 81.9 cm³/mol. The van der Waals surface area contributed by atoms with Gasteiger partial charge in [-0.15, -0.1) is 0 Å². The van der Waals surface area contributed by atoms with Crippen molar-refractivity contribution in [3.05, 3.63) is 53.6 Å². The van der Waals surface area contributed by atoms with Crippen LogP contribution in [0.3, 0.4) is 0 Å². The van der Waals surface area contributed by atoms with Crippen LogP contribution >= 0.6 is 0 Å². The third-order valence-electron chi connectivity index (χ3n) is 4.61. The summed E-state index contributed by atoms with van der Waals surface area (Å²) in [7, 11) is 0. The minimum atomic E-state index is -0.178. The summed E-state index contributed by atoms with van der Waals surface area (Å²) in [4.78, 5) is 0. The summed E-state index contributed by atoms with van der Waals surface area (Å²) in [5, 5.41) is 8.05. The first-order chi connectivity index (χ1) is 10.1. The Kier molecular flexibility index (Phi) is 3.81. The van der Waals surface area contributed by atoms with Crippen LogP contribution in [0.4, 0.5) is 4.39 Å². The van der Waals surface area contributed by atoms with Crippen LogP contribution in [0.5, 0.6) is 0 Å². The molecular formula is C17H22FN3. The largest absolute Gasteiger partial charge is 0.315 e. The Morgan fingerprint density at radius 1 is 1.29 bits per heavy atom. The van der Waals surface area contributed by atoms with Crippen LogP contribution in [-0.2, 0) is 11.8 Å². The molecule has 1 aliphatic heterocycles. The van der Waals surface area contributed by atoms with E-state index in [4.69, 9.17) is 5.10 Å². The first kappa shape index (κ1) is 14.3. The molecule has 1 atom stereocenters. The molecule has 21 heavy (non-hydrogen) atoms. The summed E-state index contributed by atoms with van der Waals surface area (Å²) < 4.78 is 15.2. The van der Waals surface area contributed by atoms with Crippen molar-refractivity contribution >= 4 is 0 Å². The van der Waals surface area contributed by atoms with Crippen molar-refractivity contribution in [2.24, 2.45) is 0 Å². The lowest BCUT2D eigenvalue weighted by Crippen LogP contribution is -2.58. The molecule has 2 aromatic rings. The molecule has 0 bridgehead atoms. The van der Waals surface area contributed by atoms with Crippen molar-refractivity contribution in [3.8, 4) is 0 Å². The van der Waals surface area contributed by atoms with Gasteiger partial charge in [0.25, 0.3) is 0 Å². The van der Waals surface area contributed by atoms with E-state index in [0.29, 0.717) is 6.04 Å². The van der Waals surface area contributed by atoms with Crippen molar-refractivity contribution in [1.29, 1.82) is 0 Å². The molecule has 112 valence electrons. The zero-order chi connectivity index (χ0) is 14.9. The first-order valence-electron chi connectivity index (χ1n) is 7.64. The minimum absolute atomic E-state index is 0.0579. The molecule has 0 radical (unpaired) electrons. The topological polar surface area (TPSA) is 29.9 Å². The van der Waals surface area contributed by atoms with E-state index in [-0.39, 0.29) is 11.2 Å². The van der Waals surface area contributed by atoms with E-state index in [0.717, 1.165) is 31.6 Å². The van der Waals surface area contributed by atoms with Gasteiger partial charge in [0.05, 0.1) is 5.69 Å². The van der Waals surface area contributed by atoms with Gasteiger partial charge < -0.3 is 5.32 Å². The van der Waals surface area contributed by atoms with Crippen LogP contribution in [0.1, 0.15) is 37.6 Å². The molecule has 1 N–H and O–H groups in total. The average Bonchev–Trinajstić information content (AvgIpc) is 2.91. The Morgan fingerprint density at radius 2 is 2.00 bits per heavy atom. The number of hydrogen-bond acceptors (Lipinski definition) is 2. The third-order valence-corrected chi connectivity index (χ3v) is 4.61. The summed E-state index contributed by atoms with van der Waals surface area (Å²) in [5.41, 5.74) is 2.37. The molecule has 2 heterocycles. The van der Waals surface area contributed by atoms with Gasteiger partial charge in [0.15, 0.2) is 0 Å². The van der Waals surface area contributed by atoms with Gasteiger partial charge in [0.2, 0.25) is 0 Å². The summed E-state index contributed by atoms with van der Waals surface area (Å²) in [6.07, 6.45) is 4.04. The van der Waals surface area contributed by atoms with Crippen molar-refractivity contribution in [3.63, 3.8) is 0 Å². The highest BCUT2D eigenvalue weighted by atomic mass is 19.1. The van der Waals surface area contributed by atoms with Crippen molar-refractivity contribution in [2.75, 3.05) is 13.1 Å². The van der Waals surface area contributed by atoms with Gasteiger partial charge in [0.1, 0.15) is 5.82 Å². The van der Waals surface area contributed by atoms with Gasteiger partial charge in [-0.05, 0) is 37.1 Å². The number of rotatable bonds is 5. The van der Waals surface area contributed by atoms with Crippen LogP contribution in [0, 0.1) is 5.82 Å². The van der Waals surface area contributed by atoms with Crippen molar-refractivity contribution in [2.45, 2.75) is 38.1 Å². The smallest absolute Gasteiger partial charge is 0.123 e. The number of nitrogens with one attached hydrogen (secondary N) is 1. The van der Waals surface area contributed by atoms with Crippen LogP contribution in [-0.4, -0.2) is 22.9 Å². The molecule has 1 unspecified atom stereocenters. The van der Waals surface area contributed by atoms with Gasteiger partial charge in [-0.3, -0.25) is 4.68 Å². The second kappa shape index (κ2) is 5.60. The molecule has 0 saturated carbocycles. The lowest BCUT2D eigenvalue weighted by atomic mass is 9.72. The SMILES string of the molecule is CCC(C)n1ccc(CC2(c3ccc(F)cc3)CNC2)n1. The van der Waals surface area contributed by atoms with E-state index in [1.807, 2.05) is 16.8 Å².